The second-order valence-electron chi connectivity index (χ2n) is 6.98. The van der Waals surface area contributed by atoms with E-state index in [2.05, 4.69) is 5.32 Å². The van der Waals surface area contributed by atoms with E-state index in [0.29, 0.717) is 0 Å². The van der Waals surface area contributed by atoms with Crippen LogP contribution in [0, 0.1) is 5.92 Å². The molecule has 0 aliphatic heterocycles. The summed E-state index contributed by atoms with van der Waals surface area (Å²) in [6.07, 6.45) is -0.612. The van der Waals surface area contributed by atoms with Gasteiger partial charge in [0.1, 0.15) is 17.2 Å². The van der Waals surface area contributed by atoms with Crippen molar-refractivity contribution in [2.24, 2.45) is 5.92 Å². The smallest absolute Gasteiger partial charge is 0.408 e. The molecule has 0 aromatic carbocycles. The van der Waals surface area contributed by atoms with Crippen LogP contribution in [0.25, 0.3) is 0 Å². The Morgan fingerprint density at radius 1 is 1.14 bits per heavy atom. The molecule has 0 heterocycles. The van der Waals surface area contributed by atoms with Crippen LogP contribution in [0.1, 0.15) is 57.6 Å². The molecule has 0 bridgehead atoms. The number of alkyl carbamates (subject to hydrolysis) is 1. The van der Waals surface area contributed by atoms with Crippen LogP contribution in [0.3, 0.4) is 0 Å². The minimum Gasteiger partial charge on any atom is -0.458 e. The summed E-state index contributed by atoms with van der Waals surface area (Å²) in [5.74, 6) is -1.06. The summed E-state index contributed by atoms with van der Waals surface area (Å²) >= 11 is 1.68. The van der Waals surface area contributed by atoms with E-state index in [-0.39, 0.29) is 6.42 Å². The number of carbonyl (C=O) groups excluding carboxylic acids is 2. The maximum atomic E-state index is 12.3. The van der Waals surface area contributed by atoms with Crippen molar-refractivity contribution >= 4 is 34.7 Å². The van der Waals surface area contributed by atoms with E-state index in [9.17, 15) is 9.59 Å². The molecule has 0 spiro atoms. The number of halogens is 1. The molecule has 6 heteroatoms. The number of rotatable bonds is 5. The predicted molar refractivity (Wildman–Crippen MR) is 91.7 cm³/mol. The van der Waals surface area contributed by atoms with Gasteiger partial charge in [0.15, 0.2) is 0 Å². The zero-order valence-corrected chi connectivity index (χ0v) is 16.0. The van der Waals surface area contributed by atoms with Gasteiger partial charge in [-0.05, 0) is 53.9 Å². The molecular formula is C15H28INO4. The van der Waals surface area contributed by atoms with Gasteiger partial charge < -0.3 is 14.8 Å². The van der Waals surface area contributed by atoms with Crippen LogP contribution in [-0.4, -0.2) is 33.7 Å². The van der Waals surface area contributed by atoms with Crippen LogP contribution in [-0.2, 0) is 14.3 Å². The number of ether oxygens (including phenoxy) is 2. The molecule has 5 nitrogen and oxygen atoms in total. The maximum Gasteiger partial charge on any atom is 0.408 e. The van der Waals surface area contributed by atoms with Crippen molar-refractivity contribution in [1.82, 2.24) is 5.32 Å². The SMILES string of the molecule is [2H]C([2H])(I)[C@@H](C)C[C@H](NC(=O)OC(C)(C)C)C(=O)OC(C)(C)C. The first kappa shape index (κ1) is 16.8. The van der Waals surface area contributed by atoms with E-state index in [1.807, 2.05) is 0 Å². The number of hydrogen-bond donors (Lipinski definition) is 1. The Morgan fingerprint density at radius 2 is 1.62 bits per heavy atom. The normalized spacial score (nSPS) is 17.1. The first-order valence-electron chi connectivity index (χ1n) is 7.92. The van der Waals surface area contributed by atoms with Crippen LogP contribution in [0.15, 0.2) is 0 Å². The number of carbonyl (C=O) groups is 2. The molecule has 1 amide bonds. The number of alkyl halides is 1. The third kappa shape index (κ3) is 10.8. The molecule has 0 aromatic rings. The summed E-state index contributed by atoms with van der Waals surface area (Å²) < 4.78 is 24.4. The number of nitrogens with one attached hydrogen (secondary N) is 1. The summed E-state index contributed by atoms with van der Waals surface area (Å²) in [4.78, 5) is 24.2. The van der Waals surface area contributed by atoms with Gasteiger partial charge in [-0.1, -0.05) is 29.5 Å². The Balaban J connectivity index is 5.08. The molecular weight excluding hydrogens is 385 g/mol. The molecule has 2 atom stereocenters. The van der Waals surface area contributed by atoms with Gasteiger partial charge in [-0.2, -0.15) is 0 Å². The summed E-state index contributed by atoms with van der Waals surface area (Å²) in [6.45, 7) is 12.0. The molecule has 0 unspecified atom stereocenters. The van der Waals surface area contributed by atoms with E-state index in [0.717, 1.165) is 0 Å². The standard InChI is InChI=1S/C15H28INO4/c1-10(9-16)8-11(12(18)20-14(2,3)4)17-13(19)21-15(5,6)7/h10-11H,8-9H2,1-7H3,(H,17,19)/t10-,11-/m0/s1/i9D2. The van der Waals surface area contributed by atoms with Gasteiger partial charge in [0.2, 0.25) is 0 Å². The molecule has 0 aliphatic rings. The largest absolute Gasteiger partial charge is 0.458 e. The van der Waals surface area contributed by atoms with Crippen molar-refractivity contribution in [3.8, 4) is 0 Å². The lowest BCUT2D eigenvalue weighted by atomic mass is 10.0. The minimum atomic E-state index is -1.51. The third-order valence-corrected chi connectivity index (χ3v) is 3.22. The fourth-order valence-corrected chi connectivity index (χ4v) is 1.69. The van der Waals surface area contributed by atoms with Crippen molar-refractivity contribution in [3.63, 3.8) is 0 Å². The van der Waals surface area contributed by atoms with Crippen LogP contribution < -0.4 is 5.32 Å². The highest BCUT2D eigenvalue weighted by atomic mass is 127. The number of hydrogen-bond acceptors (Lipinski definition) is 4. The van der Waals surface area contributed by atoms with Gasteiger partial charge in [0.05, 0.1) is 0 Å². The monoisotopic (exact) mass is 415 g/mol. The molecule has 0 aromatic heterocycles. The Labute approximate surface area is 144 Å². The van der Waals surface area contributed by atoms with Gasteiger partial charge in [-0.15, -0.1) is 0 Å². The highest BCUT2D eigenvalue weighted by Crippen LogP contribution is 2.15. The number of esters is 1. The average Bonchev–Trinajstić information content (AvgIpc) is 2.21. The van der Waals surface area contributed by atoms with Crippen molar-refractivity contribution in [2.45, 2.75) is 72.1 Å². The van der Waals surface area contributed by atoms with Gasteiger partial charge >= 0.3 is 12.1 Å². The van der Waals surface area contributed by atoms with Crippen molar-refractivity contribution < 1.29 is 21.8 Å². The van der Waals surface area contributed by atoms with Gasteiger partial charge in [-0.25, -0.2) is 9.59 Å². The fourth-order valence-electron chi connectivity index (χ4n) is 1.43. The molecule has 0 saturated heterocycles. The summed E-state index contributed by atoms with van der Waals surface area (Å²) in [6, 6.07) is -0.969. The second kappa shape index (κ2) is 8.19. The van der Waals surface area contributed by atoms with E-state index < -0.39 is 39.6 Å². The molecule has 124 valence electrons. The molecule has 0 aliphatic carbocycles. The Kier molecular flexibility index (Phi) is 6.57. The lowest BCUT2D eigenvalue weighted by Crippen LogP contribution is -2.46. The molecule has 0 radical (unpaired) electrons. The maximum absolute atomic E-state index is 12.3. The average molecular weight is 415 g/mol. The topological polar surface area (TPSA) is 64.6 Å². The summed E-state index contributed by atoms with van der Waals surface area (Å²) in [5.41, 5.74) is -1.39. The molecule has 0 rings (SSSR count). The first-order valence-corrected chi connectivity index (χ1v) is 8.00. The first-order chi connectivity index (χ1) is 10.0. The fraction of sp³-hybridized carbons (Fsp3) is 0.867. The van der Waals surface area contributed by atoms with Crippen molar-refractivity contribution in [1.29, 1.82) is 0 Å². The molecule has 1 N–H and O–H groups in total. The highest BCUT2D eigenvalue weighted by Gasteiger charge is 2.29. The van der Waals surface area contributed by atoms with Crippen LogP contribution in [0.4, 0.5) is 4.79 Å². The van der Waals surface area contributed by atoms with E-state index >= 15 is 0 Å². The second-order valence-corrected chi connectivity index (χ2v) is 7.60. The van der Waals surface area contributed by atoms with Gasteiger partial charge in [-0.3, -0.25) is 0 Å². The van der Waals surface area contributed by atoms with Crippen LogP contribution >= 0.6 is 22.6 Å². The van der Waals surface area contributed by atoms with Gasteiger partial charge in [0, 0.05) is 7.12 Å². The van der Waals surface area contributed by atoms with Crippen molar-refractivity contribution in [2.75, 3.05) is 4.38 Å². The highest BCUT2D eigenvalue weighted by molar-refractivity contribution is 14.1. The molecule has 0 saturated carbocycles. The lowest BCUT2D eigenvalue weighted by molar-refractivity contribution is -0.157. The molecule has 21 heavy (non-hydrogen) atoms. The lowest BCUT2D eigenvalue weighted by Gasteiger charge is -2.27. The summed E-state index contributed by atoms with van der Waals surface area (Å²) in [7, 11) is 0. The number of amides is 1. The Bertz CT molecular complexity index is 425. The quantitative estimate of drug-likeness (QED) is 0.423. The zero-order valence-electron chi connectivity index (χ0n) is 15.9. The van der Waals surface area contributed by atoms with E-state index in [1.54, 1.807) is 71.1 Å². The van der Waals surface area contributed by atoms with Crippen molar-refractivity contribution in [3.05, 3.63) is 0 Å². The third-order valence-electron chi connectivity index (χ3n) is 2.16. The predicted octanol–water partition coefficient (Wildman–Crippen LogP) is 3.68. The minimum absolute atomic E-state index is 0.115. The van der Waals surface area contributed by atoms with E-state index in [1.165, 1.54) is 0 Å². The van der Waals surface area contributed by atoms with Crippen LogP contribution in [0.2, 0.25) is 0 Å². The Morgan fingerprint density at radius 3 is 2.00 bits per heavy atom. The Hall–Kier alpha value is -0.530. The zero-order chi connectivity index (χ0) is 18.6. The summed E-state index contributed by atoms with van der Waals surface area (Å²) in [5, 5.41) is 2.49. The van der Waals surface area contributed by atoms with Gasteiger partial charge in [0.25, 0.3) is 0 Å². The van der Waals surface area contributed by atoms with E-state index in [4.69, 9.17) is 12.2 Å². The van der Waals surface area contributed by atoms with Crippen LogP contribution in [0.5, 0.6) is 0 Å². The molecule has 0 fully saturated rings.